The van der Waals surface area contributed by atoms with E-state index in [1.807, 2.05) is 0 Å². The van der Waals surface area contributed by atoms with Crippen molar-refractivity contribution >= 4 is 11.8 Å². The van der Waals surface area contributed by atoms with E-state index in [-0.39, 0.29) is 0 Å². The lowest BCUT2D eigenvalue weighted by Gasteiger charge is -2.34. The van der Waals surface area contributed by atoms with Gasteiger partial charge in [-0.05, 0) is 30.6 Å². The average molecular weight is 244 g/mol. The van der Waals surface area contributed by atoms with E-state index in [0.29, 0.717) is 10.2 Å². The molecular formula is C15H32S. The summed E-state index contributed by atoms with van der Waals surface area (Å²) in [5.74, 6) is 0.805. The Bertz CT molecular complexity index is 190. The van der Waals surface area contributed by atoms with E-state index in [1.54, 1.807) is 0 Å². The van der Waals surface area contributed by atoms with Crippen LogP contribution < -0.4 is 0 Å². The molecule has 0 aromatic rings. The van der Waals surface area contributed by atoms with Crippen molar-refractivity contribution in [3.63, 3.8) is 0 Å². The van der Waals surface area contributed by atoms with Crippen molar-refractivity contribution in [2.75, 3.05) is 0 Å². The molecule has 0 bridgehead atoms. The Morgan fingerprint density at radius 1 is 0.938 bits per heavy atom. The fraction of sp³-hybridized carbons (Fsp3) is 1.00. The average Bonchev–Trinajstić information content (AvgIpc) is 1.98. The van der Waals surface area contributed by atoms with Crippen LogP contribution in [0.15, 0.2) is 0 Å². The van der Waals surface area contributed by atoms with Gasteiger partial charge in [-0.15, -0.1) is 0 Å². The second-order valence-electron chi connectivity index (χ2n) is 7.09. The van der Waals surface area contributed by atoms with Crippen molar-refractivity contribution in [2.24, 2.45) is 11.3 Å². The van der Waals surface area contributed by atoms with E-state index in [0.717, 1.165) is 11.2 Å². The Morgan fingerprint density at radius 2 is 1.44 bits per heavy atom. The molecule has 0 radical (unpaired) electrons. The molecule has 0 aliphatic heterocycles. The van der Waals surface area contributed by atoms with Crippen molar-refractivity contribution in [1.29, 1.82) is 0 Å². The summed E-state index contributed by atoms with van der Waals surface area (Å²) in [5.41, 5.74) is 0.457. The predicted octanol–water partition coefficient (Wildman–Crippen LogP) is 5.76. The maximum atomic E-state index is 2.44. The van der Waals surface area contributed by atoms with Crippen LogP contribution in [0.4, 0.5) is 0 Å². The van der Waals surface area contributed by atoms with Crippen LogP contribution >= 0.6 is 11.8 Å². The highest BCUT2D eigenvalue weighted by Gasteiger charge is 2.28. The van der Waals surface area contributed by atoms with Gasteiger partial charge >= 0.3 is 0 Å². The van der Waals surface area contributed by atoms with E-state index >= 15 is 0 Å². The van der Waals surface area contributed by atoms with Crippen LogP contribution in [0.25, 0.3) is 0 Å². The molecule has 0 N–H and O–H groups in total. The van der Waals surface area contributed by atoms with E-state index in [2.05, 4.69) is 67.2 Å². The third-order valence-electron chi connectivity index (χ3n) is 2.97. The first-order chi connectivity index (χ1) is 7.08. The number of hydrogen-bond donors (Lipinski definition) is 0. The number of hydrogen-bond acceptors (Lipinski definition) is 1. The van der Waals surface area contributed by atoms with E-state index in [9.17, 15) is 0 Å². The van der Waals surface area contributed by atoms with Crippen molar-refractivity contribution in [3.05, 3.63) is 0 Å². The second kappa shape index (κ2) is 6.33. The Hall–Kier alpha value is 0.350. The molecule has 0 saturated carbocycles. The summed E-state index contributed by atoms with van der Waals surface area (Å²) < 4.78 is 0.471. The fourth-order valence-corrected chi connectivity index (χ4v) is 4.68. The SMILES string of the molecule is CCC(C)(CC(C)C)SC(C)CC(C)(C)C. The lowest BCUT2D eigenvalue weighted by molar-refractivity contribution is 0.375. The number of thioether (sulfide) groups is 1. The molecule has 0 aliphatic rings. The highest BCUT2D eigenvalue weighted by molar-refractivity contribution is 8.01. The molecule has 2 atom stereocenters. The van der Waals surface area contributed by atoms with E-state index in [4.69, 9.17) is 0 Å². The third-order valence-corrected chi connectivity index (χ3v) is 4.57. The van der Waals surface area contributed by atoms with Crippen LogP contribution in [-0.2, 0) is 0 Å². The van der Waals surface area contributed by atoms with Crippen LogP contribution in [-0.4, -0.2) is 10.00 Å². The third kappa shape index (κ3) is 7.60. The molecule has 0 aromatic heterocycles. The van der Waals surface area contributed by atoms with Crippen LogP contribution in [0.2, 0.25) is 0 Å². The van der Waals surface area contributed by atoms with Gasteiger partial charge in [0.2, 0.25) is 0 Å². The molecule has 0 rings (SSSR count). The molecule has 16 heavy (non-hydrogen) atoms. The van der Waals surface area contributed by atoms with Crippen molar-refractivity contribution in [2.45, 2.75) is 84.6 Å². The van der Waals surface area contributed by atoms with Gasteiger partial charge in [-0.1, -0.05) is 55.4 Å². The zero-order valence-corrected chi connectivity index (χ0v) is 13.5. The standard InChI is InChI=1S/C15H32S/c1-9-15(8,10-12(2)3)16-13(4)11-14(5,6)7/h12-13H,9-11H2,1-8H3. The van der Waals surface area contributed by atoms with Gasteiger partial charge in [0.1, 0.15) is 0 Å². The molecule has 1 heteroatoms. The zero-order chi connectivity index (χ0) is 13.0. The minimum absolute atomic E-state index is 0.457. The summed E-state index contributed by atoms with van der Waals surface area (Å²) in [6, 6.07) is 0. The lowest BCUT2D eigenvalue weighted by Crippen LogP contribution is -2.26. The van der Waals surface area contributed by atoms with Gasteiger partial charge in [-0.2, -0.15) is 11.8 Å². The van der Waals surface area contributed by atoms with Crippen molar-refractivity contribution in [1.82, 2.24) is 0 Å². The molecule has 0 fully saturated rings. The largest absolute Gasteiger partial charge is 0.152 e. The molecular weight excluding hydrogens is 212 g/mol. The van der Waals surface area contributed by atoms with Crippen molar-refractivity contribution < 1.29 is 0 Å². The molecule has 2 unspecified atom stereocenters. The first kappa shape index (κ1) is 16.4. The molecule has 98 valence electrons. The first-order valence-corrected chi connectivity index (χ1v) is 7.64. The Labute approximate surface area is 108 Å². The molecule has 0 amide bonds. The minimum atomic E-state index is 0.457. The molecule has 0 spiro atoms. The van der Waals surface area contributed by atoms with Crippen LogP contribution in [0.5, 0.6) is 0 Å². The van der Waals surface area contributed by atoms with Gasteiger partial charge in [-0.3, -0.25) is 0 Å². The topological polar surface area (TPSA) is 0 Å². The minimum Gasteiger partial charge on any atom is -0.152 e. The first-order valence-electron chi connectivity index (χ1n) is 6.76. The predicted molar refractivity (Wildman–Crippen MR) is 79.3 cm³/mol. The molecule has 0 heterocycles. The molecule has 0 aliphatic carbocycles. The summed E-state index contributed by atoms with van der Waals surface area (Å²) in [6.07, 6.45) is 3.93. The Balaban J connectivity index is 4.30. The number of rotatable bonds is 6. The van der Waals surface area contributed by atoms with Gasteiger partial charge in [0.25, 0.3) is 0 Å². The van der Waals surface area contributed by atoms with Crippen LogP contribution in [0.3, 0.4) is 0 Å². The summed E-state index contributed by atoms with van der Waals surface area (Å²) >= 11 is 2.20. The Morgan fingerprint density at radius 3 is 1.75 bits per heavy atom. The van der Waals surface area contributed by atoms with Gasteiger partial charge in [0, 0.05) is 10.00 Å². The van der Waals surface area contributed by atoms with Crippen molar-refractivity contribution in [3.8, 4) is 0 Å². The summed E-state index contributed by atoms with van der Waals surface area (Å²) in [4.78, 5) is 0. The molecule has 0 saturated heterocycles. The highest BCUT2D eigenvalue weighted by atomic mass is 32.2. The van der Waals surface area contributed by atoms with Gasteiger partial charge < -0.3 is 0 Å². The molecule has 0 aromatic carbocycles. The fourth-order valence-electron chi connectivity index (χ4n) is 2.53. The normalized spacial score (nSPS) is 18.6. The summed E-state index contributed by atoms with van der Waals surface area (Å²) in [6.45, 7) is 18.9. The smallest absolute Gasteiger partial charge is 0.0134 e. The van der Waals surface area contributed by atoms with Gasteiger partial charge in [0.15, 0.2) is 0 Å². The quantitative estimate of drug-likeness (QED) is 0.572. The monoisotopic (exact) mass is 244 g/mol. The maximum Gasteiger partial charge on any atom is 0.0134 e. The highest BCUT2D eigenvalue weighted by Crippen LogP contribution is 2.40. The van der Waals surface area contributed by atoms with Gasteiger partial charge in [-0.25, -0.2) is 0 Å². The Kier molecular flexibility index (Phi) is 6.47. The van der Waals surface area contributed by atoms with Crippen LogP contribution in [0.1, 0.15) is 74.7 Å². The zero-order valence-electron chi connectivity index (χ0n) is 12.7. The summed E-state index contributed by atoms with van der Waals surface area (Å²) in [7, 11) is 0. The van der Waals surface area contributed by atoms with E-state index in [1.165, 1.54) is 19.3 Å². The van der Waals surface area contributed by atoms with Gasteiger partial charge in [0.05, 0.1) is 0 Å². The molecule has 0 nitrogen and oxygen atoms in total. The van der Waals surface area contributed by atoms with E-state index < -0.39 is 0 Å². The second-order valence-corrected chi connectivity index (χ2v) is 9.12. The van der Waals surface area contributed by atoms with Crippen LogP contribution in [0, 0.1) is 11.3 Å². The summed E-state index contributed by atoms with van der Waals surface area (Å²) in [5, 5.41) is 0.767. The maximum absolute atomic E-state index is 2.44. The lowest BCUT2D eigenvalue weighted by atomic mass is 9.91.